The number of benzene rings is 2. The Morgan fingerprint density at radius 2 is 1.71 bits per heavy atom. The van der Waals surface area contributed by atoms with Crippen LogP contribution in [0, 0.1) is 12.7 Å². The van der Waals surface area contributed by atoms with Crippen LogP contribution in [0.15, 0.2) is 34.8 Å². The first-order valence-electron chi connectivity index (χ1n) is 6.30. The molecule has 0 aliphatic rings. The maximum Gasteiger partial charge on any atom is 0.163 e. The molecule has 0 saturated carbocycles. The Morgan fingerprint density at radius 1 is 1.10 bits per heavy atom. The monoisotopic (exact) mass is 372 g/mol. The summed E-state index contributed by atoms with van der Waals surface area (Å²) in [4.78, 5) is 0. The third-order valence-electron chi connectivity index (χ3n) is 3.27. The van der Waals surface area contributed by atoms with E-state index in [1.54, 1.807) is 6.07 Å². The number of rotatable bonds is 4. The highest BCUT2D eigenvalue weighted by Gasteiger charge is 2.21. The summed E-state index contributed by atoms with van der Waals surface area (Å²) >= 11 is 9.98. The van der Waals surface area contributed by atoms with E-state index in [9.17, 15) is 4.39 Å². The average molecular weight is 374 g/mol. The Labute approximate surface area is 137 Å². The fraction of sp³-hybridized carbons (Fsp3) is 0.250. The molecule has 2 aromatic carbocycles. The Balaban J connectivity index is 2.53. The molecule has 0 aliphatic carbocycles. The van der Waals surface area contributed by atoms with E-state index in [-0.39, 0.29) is 0 Å². The molecule has 0 saturated heterocycles. The molecule has 1 unspecified atom stereocenters. The molecule has 112 valence electrons. The SMILES string of the molecule is COc1cc(F)c(C(Cl)c2cccc(C)c2Br)cc1OC. The average Bonchev–Trinajstić information content (AvgIpc) is 2.49. The van der Waals surface area contributed by atoms with E-state index in [2.05, 4.69) is 15.9 Å². The minimum absolute atomic E-state index is 0.339. The molecule has 2 aromatic rings. The molecular weight excluding hydrogens is 359 g/mol. The second kappa shape index (κ2) is 6.67. The highest BCUT2D eigenvalue weighted by atomic mass is 79.9. The lowest BCUT2D eigenvalue weighted by atomic mass is 10.0. The molecule has 0 amide bonds. The summed E-state index contributed by atoms with van der Waals surface area (Å²) in [6.45, 7) is 1.96. The van der Waals surface area contributed by atoms with Crippen LogP contribution in [0.4, 0.5) is 4.39 Å². The summed E-state index contributed by atoms with van der Waals surface area (Å²) in [5, 5.41) is -0.626. The zero-order valence-electron chi connectivity index (χ0n) is 11.9. The van der Waals surface area contributed by atoms with Gasteiger partial charge in [-0.1, -0.05) is 34.1 Å². The van der Waals surface area contributed by atoms with Crippen molar-refractivity contribution in [2.45, 2.75) is 12.3 Å². The van der Waals surface area contributed by atoms with Gasteiger partial charge in [-0.25, -0.2) is 4.39 Å². The van der Waals surface area contributed by atoms with Gasteiger partial charge in [-0.3, -0.25) is 0 Å². The van der Waals surface area contributed by atoms with Crippen molar-refractivity contribution in [2.75, 3.05) is 14.2 Å². The van der Waals surface area contributed by atoms with E-state index in [1.807, 2.05) is 25.1 Å². The number of halogens is 3. The minimum atomic E-state index is -0.626. The van der Waals surface area contributed by atoms with Crippen LogP contribution in [0.1, 0.15) is 22.1 Å². The summed E-state index contributed by atoms with van der Waals surface area (Å²) in [7, 11) is 2.97. The molecule has 2 rings (SSSR count). The van der Waals surface area contributed by atoms with Gasteiger partial charge < -0.3 is 9.47 Å². The molecular formula is C16H15BrClFO2. The zero-order chi connectivity index (χ0) is 15.6. The van der Waals surface area contributed by atoms with E-state index in [0.717, 1.165) is 15.6 Å². The molecule has 0 radical (unpaired) electrons. The highest BCUT2D eigenvalue weighted by Crippen LogP contribution is 2.40. The van der Waals surface area contributed by atoms with Crippen molar-refractivity contribution in [1.82, 2.24) is 0 Å². The molecule has 0 fully saturated rings. The Hall–Kier alpha value is -1.26. The van der Waals surface area contributed by atoms with Crippen molar-refractivity contribution >= 4 is 27.5 Å². The smallest absolute Gasteiger partial charge is 0.163 e. The Morgan fingerprint density at radius 3 is 2.33 bits per heavy atom. The summed E-state index contributed by atoms with van der Waals surface area (Å²) in [5.41, 5.74) is 2.20. The third kappa shape index (κ3) is 3.16. The number of alkyl halides is 1. The second-order valence-electron chi connectivity index (χ2n) is 4.57. The van der Waals surface area contributed by atoms with Gasteiger partial charge in [-0.2, -0.15) is 0 Å². The van der Waals surface area contributed by atoms with Crippen molar-refractivity contribution in [3.05, 3.63) is 57.3 Å². The van der Waals surface area contributed by atoms with Gasteiger partial charge in [-0.05, 0) is 24.1 Å². The maximum absolute atomic E-state index is 14.3. The van der Waals surface area contributed by atoms with Gasteiger partial charge in [0.05, 0.1) is 19.6 Å². The molecule has 0 aliphatic heterocycles. The van der Waals surface area contributed by atoms with Crippen molar-refractivity contribution in [1.29, 1.82) is 0 Å². The van der Waals surface area contributed by atoms with Gasteiger partial charge in [0.15, 0.2) is 11.5 Å². The van der Waals surface area contributed by atoms with Crippen LogP contribution in [0.5, 0.6) is 11.5 Å². The van der Waals surface area contributed by atoms with E-state index >= 15 is 0 Å². The third-order valence-corrected chi connectivity index (χ3v) is 4.82. The lowest BCUT2D eigenvalue weighted by Gasteiger charge is -2.17. The van der Waals surface area contributed by atoms with Gasteiger partial charge in [0.2, 0.25) is 0 Å². The fourth-order valence-electron chi connectivity index (χ4n) is 2.10. The van der Waals surface area contributed by atoms with Gasteiger partial charge >= 0.3 is 0 Å². The maximum atomic E-state index is 14.3. The zero-order valence-corrected chi connectivity index (χ0v) is 14.3. The lowest BCUT2D eigenvalue weighted by Crippen LogP contribution is -2.01. The predicted octanol–water partition coefficient (Wildman–Crippen LogP) is 5.24. The van der Waals surface area contributed by atoms with E-state index in [0.29, 0.717) is 17.1 Å². The lowest BCUT2D eigenvalue weighted by molar-refractivity contribution is 0.351. The standard InChI is InChI=1S/C16H15BrClFO2/c1-9-5-4-6-10(15(9)17)16(18)11-7-13(20-2)14(21-3)8-12(11)19/h4-8,16H,1-3H3. The molecule has 0 heterocycles. The van der Waals surface area contributed by atoms with Crippen molar-refractivity contribution in [3.8, 4) is 11.5 Å². The number of hydrogen-bond donors (Lipinski definition) is 0. The second-order valence-corrected chi connectivity index (χ2v) is 5.80. The van der Waals surface area contributed by atoms with Gasteiger partial charge in [-0.15, -0.1) is 11.6 Å². The van der Waals surface area contributed by atoms with Crippen molar-refractivity contribution in [3.63, 3.8) is 0 Å². The molecule has 1 atom stereocenters. The van der Waals surface area contributed by atoms with Crippen LogP contribution < -0.4 is 9.47 Å². The topological polar surface area (TPSA) is 18.5 Å². The normalized spacial score (nSPS) is 12.1. The van der Waals surface area contributed by atoms with E-state index in [1.165, 1.54) is 20.3 Å². The van der Waals surface area contributed by atoms with Crippen LogP contribution in [0.3, 0.4) is 0 Å². The fourth-order valence-corrected chi connectivity index (χ4v) is 3.07. The summed E-state index contributed by atoms with van der Waals surface area (Å²) in [6, 6.07) is 8.57. The van der Waals surface area contributed by atoms with Crippen molar-refractivity contribution in [2.24, 2.45) is 0 Å². The quantitative estimate of drug-likeness (QED) is 0.682. The summed E-state index contributed by atoms with van der Waals surface area (Å²) in [6.07, 6.45) is 0. The number of aryl methyl sites for hydroxylation is 1. The van der Waals surface area contributed by atoms with E-state index < -0.39 is 11.2 Å². The Kier molecular flexibility index (Phi) is 5.12. The first-order chi connectivity index (χ1) is 9.99. The first kappa shape index (κ1) is 16.1. The molecule has 0 N–H and O–H groups in total. The van der Waals surface area contributed by atoms with Crippen LogP contribution in [-0.4, -0.2) is 14.2 Å². The van der Waals surface area contributed by atoms with Gasteiger partial charge in [0.25, 0.3) is 0 Å². The molecule has 0 spiro atoms. The Bertz CT molecular complexity index is 661. The predicted molar refractivity (Wildman–Crippen MR) is 86.1 cm³/mol. The number of ether oxygens (including phenoxy) is 2. The van der Waals surface area contributed by atoms with Crippen LogP contribution in [0.2, 0.25) is 0 Å². The van der Waals surface area contributed by atoms with Crippen LogP contribution in [0.25, 0.3) is 0 Å². The van der Waals surface area contributed by atoms with Gasteiger partial charge in [0.1, 0.15) is 5.82 Å². The molecule has 0 bridgehead atoms. The minimum Gasteiger partial charge on any atom is -0.493 e. The van der Waals surface area contributed by atoms with E-state index in [4.69, 9.17) is 21.1 Å². The molecule has 0 aromatic heterocycles. The summed E-state index contributed by atoms with van der Waals surface area (Å²) in [5.74, 6) is 0.357. The van der Waals surface area contributed by atoms with Crippen LogP contribution in [-0.2, 0) is 0 Å². The number of hydrogen-bond acceptors (Lipinski definition) is 2. The summed E-state index contributed by atoms with van der Waals surface area (Å²) < 4.78 is 25.5. The molecule has 5 heteroatoms. The van der Waals surface area contributed by atoms with Crippen molar-refractivity contribution < 1.29 is 13.9 Å². The number of methoxy groups -OCH3 is 2. The highest BCUT2D eigenvalue weighted by molar-refractivity contribution is 9.10. The van der Waals surface area contributed by atoms with Gasteiger partial charge in [0, 0.05) is 16.1 Å². The molecule has 21 heavy (non-hydrogen) atoms. The first-order valence-corrected chi connectivity index (χ1v) is 7.53. The largest absolute Gasteiger partial charge is 0.493 e. The van der Waals surface area contributed by atoms with Crippen LogP contribution >= 0.6 is 27.5 Å². The molecule has 2 nitrogen and oxygen atoms in total.